The molecule has 0 saturated heterocycles. The molecule has 5 nitrogen and oxygen atoms in total. The van der Waals surface area contributed by atoms with Crippen LogP contribution in [0.1, 0.15) is 19.3 Å². The van der Waals surface area contributed by atoms with E-state index in [9.17, 15) is 9.59 Å². The van der Waals surface area contributed by atoms with Gasteiger partial charge in [0, 0.05) is 0 Å². The van der Waals surface area contributed by atoms with E-state index in [0.29, 0.717) is 0 Å². The lowest BCUT2D eigenvalue weighted by atomic mass is 10.3. The zero-order chi connectivity index (χ0) is 10.1. The van der Waals surface area contributed by atoms with Crippen molar-refractivity contribution in [3.05, 3.63) is 0 Å². The van der Waals surface area contributed by atoms with Gasteiger partial charge in [-0.3, -0.25) is 9.59 Å². The lowest BCUT2D eigenvalue weighted by Crippen LogP contribution is -2.09. The minimum absolute atomic E-state index is 0.00188. The molecule has 13 heavy (non-hydrogen) atoms. The maximum Gasteiger partial charge on any atom is 0.306 e. The van der Waals surface area contributed by atoms with Gasteiger partial charge in [0.1, 0.15) is 6.61 Å². The van der Waals surface area contributed by atoms with Crippen molar-refractivity contribution >= 4 is 11.9 Å². The molecule has 0 atom stereocenters. The number of nitriles is 1. The van der Waals surface area contributed by atoms with Crippen molar-refractivity contribution in [3.63, 3.8) is 0 Å². The minimum Gasteiger partial charge on any atom is -0.469 e. The molecule has 0 rings (SSSR count). The Morgan fingerprint density at radius 1 is 1.31 bits per heavy atom. The maximum atomic E-state index is 10.8. The maximum absolute atomic E-state index is 10.8. The van der Waals surface area contributed by atoms with Crippen molar-refractivity contribution in [1.29, 1.82) is 5.26 Å². The van der Waals surface area contributed by atoms with E-state index in [-0.39, 0.29) is 25.9 Å². The second-order valence-electron chi connectivity index (χ2n) is 2.20. The quantitative estimate of drug-likeness (QED) is 0.457. The molecule has 0 unspecified atom stereocenters. The normalized spacial score (nSPS) is 8.62. The third kappa shape index (κ3) is 6.81. The minimum atomic E-state index is -0.486. The summed E-state index contributed by atoms with van der Waals surface area (Å²) in [6.45, 7) is 0.0799. The lowest BCUT2D eigenvalue weighted by Gasteiger charge is -2.00. The van der Waals surface area contributed by atoms with E-state index in [1.807, 2.05) is 6.07 Å². The molecule has 0 saturated carbocycles. The Morgan fingerprint density at radius 3 is 2.46 bits per heavy atom. The van der Waals surface area contributed by atoms with Crippen molar-refractivity contribution in [2.24, 2.45) is 0 Å². The van der Waals surface area contributed by atoms with E-state index < -0.39 is 11.9 Å². The van der Waals surface area contributed by atoms with Gasteiger partial charge in [-0.1, -0.05) is 0 Å². The van der Waals surface area contributed by atoms with E-state index in [4.69, 9.17) is 5.26 Å². The Labute approximate surface area is 76.2 Å². The molecular formula is C8H11NO4. The summed E-state index contributed by atoms with van der Waals surface area (Å²) >= 11 is 0. The fourth-order valence-corrected chi connectivity index (χ4v) is 0.589. The molecule has 0 aliphatic heterocycles. The molecule has 0 aromatic carbocycles. The smallest absolute Gasteiger partial charge is 0.306 e. The van der Waals surface area contributed by atoms with Gasteiger partial charge in [-0.25, -0.2) is 0 Å². The number of hydrogen-bond donors (Lipinski definition) is 0. The number of nitrogens with zero attached hydrogens (tertiary/aromatic N) is 1. The van der Waals surface area contributed by atoms with E-state index in [1.165, 1.54) is 7.11 Å². The third-order valence-electron chi connectivity index (χ3n) is 1.24. The first kappa shape index (κ1) is 11.4. The standard InChI is InChI=1S/C8H11NO4/c1-12-7(10)3-4-8(11)13-6-2-5-9/h2-4,6H2,1H3. The molecule has 0 aromatic heterocycles. The van der Waals surface area contributed by atoms with E-state index >= 15 is 0 Å². The van der Waals surface area contributed by atoms with Crippen LogP contribution in [0.15, 0.2) is 0 Å². The molecule has 0 aliphatic rings. The largest absolute Gasteiger partial charge is 0.469 e. The monoisotopic (exact) mass is 185 g/mol. The average molecular weight is 185 g/mol. The van der Waals surface area contributed by atoms with Crippen LogP contribution in [0, 0.1) is 11.3 Å². The number of hydrogen-bond acceptors (Lipinski definition) is 5. The lowest BCUT2D eigenvalue weighted by molar-refractivity contribution is -0.148. The van der Waals surface area contributed by atoms with Gasteiger partial charge in [-0.2, -0.15) is 5.26 Å². The highest BCUT2D eigenvalue weighted by Crippen LogP contribution is 1.95. The van der Waals surface area contributed by atoms with Gasteiger partial charge >= 0.3 is 11.9 Å². The second-order valence-corrected chi connectivity index (χ2v) is 2.20. The van der Waals surface area contributed by atoms with E-state index in [0.717, 1.165) is 0 Å². The van der Waals surface area contributed by atoms with Crippen LogP contribution in [0.4, 0.5) is 0 Å². The predicted octanol–water partition coefficient (Wildman–Crippen LogP) is 0.396. The summed E-state index contributed by atoms with van der Waals surface area (Å²) in [4.78, 5) is 21.4. The van der Waals surface area contributed by atoms with Crippen LogP contribution in [0.2, 0.25) is 0 Å². The number of esters is 2. The van der Waals surface area contributed by atoms with Crippen LogP contribution >= 0.6 is 0 Å². The average Bonchev–Trinajstić information content (AvgIpc) is 2.14. The third-order valence-corrected chi connectivity index (χ3v) is 1.24. The molecule has 0 aromatic rings. The van der Waals surface area contributed by atoms with Crippen LogP contribution in [0.25, 0.3) is 0 Å². The van der Waals surface area contributed by atoms with Crippen molar-refractivity contribution in [3.8, 4) is 6.07 Å². The molecule has 0 spiro atoms. The molecule has 0 fully saturated rings. The van der Waals surface area contributed by atoms with Crippen molar-refractivity contribution in [2.45, 2.75) is 19.3 Å². The van der Waals surface area contributed by atoms with Gasteiger partial charge in [0.05, 0.1) is 32.4 Å². The molecule has 0 heterocycles. The second kappa shape index (κ2) is 7.10. The Bertz CT molecular complexity index is 219. The molecule has 0 bridgehead atoms. The SMILES string of the molecule is COC(=O)CCC(=O)OCCC#N. The van der Waals surface area contributed by atoms with Gasteiger partial charge < -0.3 is 9.47 Å². The summed E-state index contributed by atoms with van der Waals surface area (Å²) in [5, 5.41) is 8.12. The highest BCUT2D eigenvalue weighted by molar-refractivity contribution is 5.77. The van der Waals surface area contributed by atoms with Gasteiger partial charge in [-0.05, 0) is 0 Å². The predicted molar refractivity (Wildman–Crippen MR) is 42.4 cm³/mol. The molecule has 72 valence electrons. The summed E-state index contributed by atoms with van der Waals surface area (Å²) in [6, 6.07) is 1.83. The number of ether oxygens (including phenoxy) is 2. The van der Waals surface area contributed by atoms with Crippen LogP contribution in [0.3, 0.4) is 0 Å². The Balaban J connectivity index is 3.42. The van der Waals surface area contributed by atoms with E-state index in [1.54, 1.807) is 0 Å². The summed E-state index contributed by atoms with van der Waals surface area (Å²) < 4.78 is 8.94. The number of rotatable bonds is 5. The Kier molecular flexibility index (Phi) is 6.24. The fourth-order valence-electron chi connectivity index (χ4n) is 0.589. The molecule has 0 amide bonds. The molecule has 0 N–H and O–H groups in total. The highest BCUT2D eigenvalue weighted by atomic mass is 16.5. The van der Waals surface area contributed by atoms with Crippen LogP contribution in [-0.2, 0) is 19.1 Å². The molecule has 0 radical (unpaired) electrons. The number of methoxy groups -OCH3 is 1. The number of carbonyl (C=O) groups is 2. The van der Waals surface area contributed by atoms with Gasteiger partial charge in [0.25, 0.3) is 0 Å². The zero-order valence-corrected chi connectivity index (χ0v) is 7.41. The van der Waals surface area contributed by atoms with Crippen LogP contribution in [0.5, 0.6) is 0 Å². The first-order chi connectivity index (χ1) is 6.20. The first-order valence-electron chi connectivity index (χ1n) is 3.80. The van der Waals surface area contributed by atoms with Crippen molar-refractivity contribution < 1.29 is 19.1 Å². The van der Waals surface area contributed by atoms with Crippen LogP contribution in [-0.4, -0.2) is 25.7 Å². The molecular weight excluding hydrogens is 174 g/mol. The summed E-state index contributed by atoms with van der Waals surface area (Å²) in [6.07, 6.45) is 0.184. The molecule has 5 heteroatoms. The highest BCUT2D eigenvalue weighted by Gasteiger charge is 2.06. The Hall–Kier alpha value is -1.57. The zero-order valence-electron chi connectivity index (χ0n) is 7.41. The number of carbonyl (C=O) groups excluding carboxylic acids is 2. The summed E-state index contributed by atoms with van der Waals surface area (Å²) in [7, 11) is 1.25. The fraction of sp³-hybridized carbons (Fsp3) is 0.625. The van der Waals surface area contributed by atoms with E-state index in [2.05, 4.69) is 9.47 Å². The van der Waals surface area contributed by atoms with Crippen LogP contribution < -0.4 is 0 Å². The molecule has 0 aliphatic carbocycles. The summed E-state index contributed by atoms with van der Waals surface area (Å²) in [5.74, 6) is -0.933. The Morgan fingerprint density at radius 2 is 1.92 bits per heavy atom. The van der Waals surface area contributed by atoms with Gasteiger partial charge in [-0.15, -0.1) is 0 Å². The summed E-state index contributed by atoms with van der Waals surface area (Å²) in [5.41, 5.74) is 0. The van der Waals surface area contributed by atoms with Gasteiger partial charge in [0.2, 0.25) is 0 Å². The van der Waals surface area contributed by atoms with Gasteiger partial charge in [0.15, 0.2) is 0 Å². The first-order valence-corrected chi connectivity index (χ1v) is 3.80. The topological polar surface area (TPSA) is 76.4 Å². The van der Waals surface area contributed by atoms with Crippen molar-refractivity contribution in [2.75, 3.05) is 13.7 Å². The van der Waals surface area contributed by atoms with Crippen molar-refractivity contribution in [1.82, 2.24) is 0 Å².